The van der Waals surface area contributed by atoms with Gasteiger partial charge in [0.1, 0.15) is 11.5 Å². The Bertz CT molecular complexity index is 1060. The number of nitrogens with one attached hydrogen (secondary N) is 2. The van der Waals surface area contributed by atoms with E-state index in [0.717, 1.165) is 49.0 Å². The average molecular weight is 431 g/mol. The van der Waals surface area contributed by atoms with E-state index in [4.69, 9.17) is 15.0 Å². The van der Waals surface area contributed by atoms with E-state index < -0.39 is 0 Å². The molecule has 2 N–H and O–H groups in total. The second kappa shape index (κ2) is 9.02. The van der Waals surface area contributed by atoms with Crippen molar-refractivity contribution in [2.75, 3.05) is 14.1 Å². The first-order chi connectivity index (χ1) is 15.6. The van der Waals surface area contributed by atoms with Crippen molar-refractivity contribution in [2.45, 2.75) is 69.5 Å². The number of benzene rings is 1. The van der Waals surface area contributed by atoms with Crippen molar-refractivity contribution < 1.29 is 0 Å². The number of fused-ring (bicyclic) bond motifs is 2. The van der Waals surface area contributed by atoms with E-state index in [1.807, 2.05) is 37.6 Å². The molecule has 1 atom stereocenters. The van der Waals surface area contributed by atoms with E-state index >= 15 is 0 Å². The predicted octanol–water partition coefficient (Wildman–Crippen LogP) is 4.77. The Kier molecular flexibility index (Phi) is 5.96. The summed E-state index contributed by atoms with van der Waals surface area (Å²) >= 11 is 0. The van der Waals surface area contributed by atoms with E-state index in [1.165, 1.54) is 42.5 Å². The van der Waals surface area contributed by atoms with Crippen LogP contribution in [0.5, 0.6) is 0 Å². The number of imidazole rings is 1. The summed E-state index contributed by atoms with van der Waals surface area (Å²) in [6.07, 6.45) is 14.1. The Morgan fingerprint density at radius 2 is 2.00 bits per heavy atom. The molecule has 5 rings (SSSR count). The molecule has 6 nitrogen and oxygen atoms in total. The van der Waals surface area contributed by atoms with E-state index in [9.17, 15) is 0 Å². The van der Waals surface area contributed by atoms with Crippen LogP contribution in [0.1, 0.15) is 73.6 Å². The Morgan fingerprint density at radius 3 is 2.81 bits per heavy atom. The SMILES string of the molecule is CN(C)C=NC1(NC2CCCc3c(Cc4nc5ccccc5[nH]4)ccnc32)CCCCC1. The summed E-state index contributed by atoms with van der Waals surface area (Å²) in [4.78, 5) is 20.3. The number of pyridine rings is 1. The second-order valence-electron chi connectivity index (χ2n) is 9.60. The molecule has 1 saturated carbocycles. The van der Waals surface area contributed by atoms with Crippen LogP contribution in [0.3, 0.4) is 0 Å². The second-order valence-corrected chi connectivity index (χ2v) is 9.60. The minimum absolute atomic E-state index is 0.168. The van der Waals surface area contributed by atoms with Gasteiger partial charge in [-0.25, -0.2) is 4.98 Å². The Balaban J connectivity index is 1.42. The minimum Gasteiger partial charge on any atom is -0.369 e. The molecule has 0 saturated heterocycles. The molecule has 0 aliphatic heterocycles. The Morgan fingerprint density at radius 1 is 1.16 bits per heavy atom. The van der Waals surface area contributed by atoms with E-state index in [-0.39, 0.29) is 11.7 Å². The fourth-order valence-corrected chi connectivity index (χ4v) is 5.33. The van der Waals surface area contributed by atoms with E-state index in [2.05, 4.69) is 34.6 Å². The summed E-state index contributed by atoms with van der Waals surface area (Å²) in [5.74, 6) is 1.02. The van der Waals surface area contributed by atoms with Gasteiger partial charge in [-0.2, -0.15) is 0 Å². The fourth-order valence-electron chi connectivity index (χ4n) is 5.33. The highest BCUT2D eigenvalue weighted by Crippen LogP contribution is 2.37. The molecule has 1 unspecified atom stereocenters. The number of hydrogen-bond donors (Lipinski definition) is 2. The minimum atomic E-state index is -0.168. The number of aromatic nitrogens is 3. The van der Waals surface area contributed by atoms with Crippen LogP contribution >= 0.6 is 0 Å². The summed E-state index contributed by atoms with van der Waals surface area (Å²) in [6, 6.07) is 10.7. The molecule has 2 aliphatic rings. The zero-order valence-electron chi connectivity index (χ0n) is 19.3. The van der Waals surface area contributed by atoms with Gasteiger partial charge in [0.05, 0.1) is 29.1 Å². The molecule has 2 aromatic heterocycles. The third kappa shape index (κ3) is 4.42. The summed E-state index contributed by atoms with van der Waals surface area (Å²) in [5.41, 5.74) is 5.92. The summed E-state index contributed by atoms with van der Waals surface area (Å²) in [7, 11) is 4.09. The van der Waals surface area contributed by atoms with Gasteiger partial charge in [-0.15, -0.1) is 0 Å². The first-order valence-electron chi connectivity index (χ1n) is 12.0. The van der Waals surface area contributed by atoms with Crippen molar-refractivity contribution >= 4 is 17.4 Å². The molecule has 3 aromatic rings. The van der Waals surface area contributed by atoms with Crippen LogP contribution in [0.2, 0.25) is 0 Å². The van der Waals surface area contributed by atoms with Crippen molar-refractivity contribution in [1.29, 1.82) is 0 Å². The smallest absolute Gasteiger partial charge is 0.112 e. The fraction of sp³-hybridized carbons (Fsp3) is 0.500. The molecule has 0 radical (unpaired) electrons. The van der Waals surface area contributed by atoms with Crippen LogP contribution in [-0.4, -0.2) is 45.9 Å². The zero-order valence-corrected chi connectivity index (χ0v) is 19.3. The molecule has 2 heterocycles. The third-order valence-electron chi connectivity index (χ3n) is 6.89. The monoisotopic (exact) mass is 430 g/mol. The van der Waals surface area contributed by atoms with Gasteiger partial charge in [-0.1, -0.05) is 18.6 Å². The van der Waals surface area contributed by atoms with Gasteiger partial charge in [-0.05, 0) is 74.3 Å². The van der Waals surface area contributed by atoms with Crippen LogP contribution in [0.4, 0.5) is 0 Å². The lowest BCUT2D eigenvalue weighted by Gasteiger charge is -2.39. The van der Waals surface area contributed by atoms with Crippen molar-refractivity contribution in [3.05, 3.63) is 59.2 Å². The molecule has 6 heteroatoms. The molecule has 1 aromatic carbocycles. The molecule has 0 spiro atoms. The van der Waals surface area contributed by atoms with E-state index in [0.29, 0.717) is 0 Å². The van der Waals surface area contributed by atoms with Gasteiger partial charge in [0.2, 0.25) is 0 Å². The molecular formula is C26H34N6. The standard InChI is InChI=1S/C26H34N6/c1-32(2)18-28-26(14-6-3-7-15-26)31-23-12-8-9-20-19(13-16-27-25(20)23)17-24-29-21-10-4-5-11-22(21)30-24/h4-5,10-11,13,16,18,23,31H,3,6-9,12,14-15,17H2,1-2H3,(H,29,30). The number of nitrogens with zero attached hydrogens (tertiary/aromatic N) is 4. The molecule has 2 aliphatic carbocycles. The molecule has 0 bridgehead atoms. The van der Waals surface area contributed by atoms with Crippen molar-refractivity contribution in [2.24, 2.45) is 4.99 Å². The first-order valence-corrected chi connectivity index (χ1v) is 12.0. The number of aromatic amines is 1. The topological polar surface area (TPSA) is 69.2 Å². The van der Waals surface area contributed by atoms with Crippen LogP contribution in [0.15, 0.2) is 41.5 Å². The number of para-hydroxylation sites is 2. The highest BCUT2D eigenvalue weighted by Gasteiger charge is 2.36. The highest BCUT2D eigenvalue weighted by atomic mass is 15.2. The summed E-state index contributed by atoms with van der Waals surface area (Å²) < 4.78 is 0. The molecule has 32 heavy (non-hydrogen) atoms. The number of rotatable bonds is 6. The first kappa shape index (κ1) is 21.1. The van der Waals surface area contributed by atoms with Crippen LogP contribution < -0.4 is 5.32 Å². The number of H-pyrrole nitrogens is 1. The molecule has 1 fully saturated rings. The lowest BCUT2D eigenvalue weighted by Crippen LogP contribution is -2.48. The summed E-state index contributed by atoms with van der Waals surface area (Å²) in [6.45, 7) is 0. The summed E-state index contributed by atoms with van der Waals surface area (Å²) in [5, 5.41) is 3.98. The van der Waals surface area contributed by atoms with Crippen LogP contribution in [0, 0.1) is 0 Å². The molecule has 0 amide bonds. The van der Waals surface area contributed by atoms with Crippen molar-refractivity contribution in [3.8, 4) is 0 Å². The Labute approximate surface area is 190 Å². The quantitative estimate of drug-likeness (QED) is 0.437. The lowest BCUT2D eigenvalue weighted by molar-refractivity contribution is 0.205. The van der Waals surface area contributed by atoms with E-state index in [1.54, 1.807) is 0 Å². The zero-order chi connectivity index (χ0) is 22.0. The van der Waals surface area contributed by atoms with Gasteiger partial charge in [0, 0.05) is 26.7 Å². The van der Waals surface area contributed by atoms with Crippen molar-refractivity contribution in [1.82, 2.24) is 25.2 Å². The normalized spacial score (nSPS) is 20.5. The van der Waals surface area contributed by atoms with Crippen LogP contribution in [-0.2, 0) is 12.8 Å². The maximum absolute atomic E-state index is 5.04. The Hall–Kier alpha value is -2.73. The van der Waals surface area contributed by atoms with Gasteiger partial charge in [0.25, 0.3) is 0 Å². The predicted molar refractivity (Wildman–Crippen MR) is 130 cm³/mol. The maximum atomic E-state index is 5.04. The lowest BCUT2D eigenvalue weighted by atomic mass is 9.84. The van der Waals surface area contributed by atoms with Gasteiger partial charge >= 0.3 is 0 Å². The third-order valence-corrected chi connectivity index (χ3v) is 6.89. The number of aliphatic imine (C=N–C) groups is 1. The largest absolute Gasteiger partial charge is 0.369 e. The van der Waals surface area contributed by atoms with Gasteiger partial charge in [0.15, 0.2) is 0 Å². The van der Waals surface area contributed by atoms with Crippen LogP contribution in [0.25, 0.3) is 11.0 Å². The molecular weight excluding hydrogens is 396 g/mol. The number of hydrogen-bond acceptors (Lipinski definition) is 4. The highest BCUT2D eigenvalue weighted by molar-refractivity contribution is 5.74. The van der Waals surface area contributed by atoms with Gasteiger partial charge in [-0.3, -0.25) is 15.3 Å². The molecule has 168 valence electrons. The van der Waals surface area contributed by atoms with Gasteiger partial charge < -0.3 is 9.88 Å². The van der Waals surface area contributed by atoms with Crippen molar-refractivity contribution in [3.63, 3.8) is 0 Å². The maximum Gasteiger partial charge on any atom is 0.112 e. The average Bonchev–Trinajstić information content (AvgIpc) is 3.21.